The predicted octanol–water partition coefficient (Wildman–Crippen LogP) is 4.28. The first kappa shape index (κ1) is 23.2. The number of carbonyl (C=O) groups is 1. The van der Waals surface area contributed by atoms with Gasteiger partial charge in [-0.05, 0) is 50.1 Å². The molecule has 1 saturated heterocycles. The van der Waals surface area contributed by atoms with E-state index >= 15 is 0 Å². The standard InChI is InChI=1S/C21H22ClN3O4S3/c1-3-11-24-15-8-7-14(29-4-2)13-17(15)30-21(24)23-20(26)16-6-5-12-25(16)32(27,28)19-10-9-18(22)31-19/h3,7-10,13,16H,1,4-6,11-12H2,2H3. The van der Waals surface area contributed by atoms with Crippen LogP contribution in [0.5, 0.6) is 5.75 Å². The highest BCUT2D eigenvalue weighted by Crippen LogP contribution is 2.32. The van der Waals surface area contributed by atoms with Crippen LogP contribution < -0.4 is 9.54 Å². The molecule has 1 fully saturated rings. The molecule has 11 heteroatoms. The summed E-state index contributed by atoms with van der Waals surface area (Å²) in [6.45, 7) is 7.03. The van der Waals surface area contributed by atoms with Gasteiger partial charge in [0.05, 0.1) is 21.2 Å². The number of rotatable bonds is 7. The lowest BCUT2D eigenvalue weighted by molar-refractivity contribution is -0.121. The number of allylic oxidation sites excluding steroid dienone is 1. The van der Waals surface area contributed by atoms with Crippen molar-refractivity contribution in [3.05, 3.63) is 52.1 Å². The summed E-state index contributed by atoms with van der Waals surface area (Å²) >= 11 is 8.28. The van der Waals surface area contributed by atoms with Gasteiger partial charge in [0, 0.05) is 13.1 Å². The average molecular weight is 512 g/mol. The first-order valence-corrected chi connectivity index (χ1v) is 13.5. The second-order valence-electron chi connectivity index (χ2n) is 7.13. The second kappa shape index (κ2) is 9.48. The molecule has 3 aromatic rings. The number of hydrogen-bond donors (Lipinski definition) is 0. The number of thiophene rings is 1. The number of thiazole rings is 1. The van der Waals surface area contributed by atoms with Crippen LogP contribution in [0.3, 0.4) is 0 Å². The lowest BCUT2D eigenvalue weighted by Gasteiger charge is -2.20. The van der Waals surface area contributed by atoms with Gasteiger partial charge in [-0.1, -0.05) is 29.0 Å². The highest BCUT2D eigenvalue weighted by atomic mass is 35.5. The average Bonchev–Trinajstić information content (AvgIpc) is 3.48. The van der Waals surface area contributed by atoms with E-state index < -0.39 is 22.0 Å². The maximum absolute atomic E-state index is 13.2. The van der Waals surface area contributed by atoms with Crippen LogP contribution in [0.15, 0.2) is 52.2 Å². The second-order valence-corrected chi connectivity index (χ2v) is 12.0. The number of amides is 1. The monoisotopic (exact) mass is 511 g/mol. The topological polar surface area (TPSA) is 81.0 Å². The maximum Gasteiger partial charge on any atom is 0.266 e. The Balaban J connectivity index is 1.72. The van der Waals surface area contributed by atoms with E-state index in [0.717, 1.165) is 27.3 Å². The quantitative estimate of drug-likeness (QED) is 0.443. The molecule has 2 aromatic heterocycles. The molecule has 32 heavy (non-hydrogen) atoms. The fraction of sp³-hybridized carbons (Fsp3) is 0.333. The minimum absolute atomic E-state index is 0.134. The Hall–Kier alpha value is -1.98. The van der Waals surface area contributed by atoms with Crippen molar-refractivity contribution in [1.29, 1.82) is 0 Å². The van der Waals surface area contributed by atoms with Gasteiger partial charge in [-0.3, -0.25) is 4.79 Å². The van der Waals surface area contributed by atoms with E-state index in [-0.39, 0.29) is 10.8 Å². The van der Waals surface area contributed by atoms with Crippen molar-refractivity contribution in [3.63, 3.8) is 0 Å². The number of hydrogen-bond acceptors (Lipinski definition) is 6. The lowest BCUT2D eigenvalue weighted by atomic mass is 10.2. The minimum atomic E-state index is -3.81. The van der Waals surface area contributed by atoms with Crippen molar-refractivity contribution in [3.8, 4) is 5.75 Å². The Morgan fingerprint density at radius 1 is 1.34 bits per heavy atom. The smallest absolute Gasteiger partial charge is 0.266 e. The molecule has 170 valence electrons. The third-order valence-corrected chi connectivity index (χ3v) is 9.73. The van der Waals surface area contributed by atoms with Gasteiger partial charge in [-0.2, -0.15) is 9.30 Å². The van der Waals surface area contributed by atoms with Gasteiger partial charge < -0.3 is 9.30 Å². The molecule has 3 heterocycles. The molecule has 0 bridgehead atoms. The highest BCUT2D eigenvalue weighted by Gasteiger charge is 2.40. The molecule has 1 aliphatic rings. The van der Waals surface area contributed by atoms with E-state index in [1.165, 1.54) is 21.7 Å². The molecule has 4 rings (SSSR count). The van der Waals surface area contributed by atoms with Crippen LogP contribution in [0.25, 0.3) is 10.2 Å². The Bertz CT molecular complexity index is 1340. The van der Waals surface area contributed by atoms with Crippen LogP contribution in [0.4, 0.5) is 0 Å². The molecule has 0 radical (unpaired) electrons. The molecular formula is C21H22ClN3O4S3. The summed E-state index contributed by atoms with van der Waals surface area (Å²) in [4.78, 5) is 18.0. The van der Waals surface area contributed by atoms with Crippen LogP contribution in [0, 0.1) is 0 Å². The van der Waals surface area contributed by atoms with E-state index in [0.29, 0.717) is 35.1 Å². The zero-order valence-electron chi connectivity index (χ0n) is 17.4. The van der Waals surface area contributed by atoms with E-state index in [4.69, 9.17) is 16.3 Å². The predicted molar refractivity (Wildman–Crippen MR) is 128 cm³/mol. The summed E-state index contributed by atoms with van der Waals surface area (Å²) in [6, 6.07) is 7.90. The Morgan fingerprint density at radius 2 is 2.16 bits per heavy atom. The summed E-state index contributed by atoms with van der Waals surface area (Å²) in [5.74, 6) is 0.274. The molecule has 1 amide bonds. The van der Waals surface area contributed by atoms with Crippen molar-refractivity contribution in [2.75, 3.05) is 13.2 Å². The van der Waals surface area contributed by atoms with Gasteiger partial charge in [0.2, 0.25) is 0 Å². The van der Waals surface area contributed by atoms with Crippen molar-refractivity contribution in [2.24, 2.45) is 4.99 Å². The van der Waals surface area contributed by atoms with Gasteiger partial charge >= 0.3 is 0 Å². The van der Waals surface area contributed by atoms with Crippen LogP contribution in [0.2, 0.25) is 4.34 Å². The first-order valence-electron chi connectivity index (χ1n) is 10.1. The molecule has 7 nitrogen and oxygen atoms in total. The largest absolute Gasteiger partial charge is 0.494 e. The molecule has 1 atom stereocenters. The molecule has 1 unspecified atom stereocenters. The van der Waals surface area contributed by atoms with Crippen LogP contribution in [0.1, 0.15) is 19.8 Å². The summed E-state index contributed by atoms with van der Waals surface area (Å²) in [7, 11) is -3.81. The van der Waals surface area contributed by atoms with Gasteiger partial charge in [0.25, 0.3) is 15.9 Å². The van der Waals surface area contributed by atoms with Crippen molar-refractivity contribution >= 4 is 60.4 Å². The van der Waals surface area contributed by atoms with Crippen molar-refractivity contribution < 1.29 is 17.9 Å². The summed E-state index contributed by atoms with van der Waals surface area (Å²) < 4.78 is 36.3. The van der Waals surface area contributed by atoms with E-state index in [1.807, 2.05) is 29.7 Å². The van der Waals surface area contributed by atoms with Crippen molar-refractivity contribution in [1.82, 2.24) is 8.87 Å². The number of halogens is 1. The van der Waals surface area contributed by atoms with Gasteiger partial charge in [-0.25, -0.2) is 8.42 Å². The van der Waals surface area contributed by atoms with Gasteiger partial charge in [-0.15, -0.1) is 17.9 Å². The summed E-state index contributed by atoms with van der Waals surface area (Å²) in [5, 5.41) is 0. The van der Waals surface area contributed by atoms with Crippen molar-refractivity contribution in [2.45, 2.75) is 36.6 Å². The Labute approximate surface area is 199 Å². The summed E-state index contributed by atoms with van der Waals surface area (Å²) in [5.41, 5.74) is 0.911. The number of benzene rings is 1. The van der Waals surface area contributed by atoms with Crippen LogP contribution >= 0.6 is 34.3 Å². The van der Waals surface area contributed by atoms with E-state index in [1.54, 1.807) is 12.1 Å². The van der Waals surface area contributed by atoms with E-state index in [9.17, 15) is 13.2 Å². The van der Waals surface area contributed by atoms with E-state index in [2.05, 4.69) is 11.6 Å². The minimum Gasteiger partial charge on any atom is -0.494 e. The fourth-order valence-electron chi connectivity index (χ4n) is 3.70. The molecule has 0 spiro atoms. The third-order valence-electron chi connectivity index (χ3n) is 5.08. The number of aromatic nitrogens is 1. The SMILES string of the molecule is C=CCn1c(=NC(=O)C2CCCN2S(=O)(=O)c2ccc(Cl)s2)sc2cc(OCC)ccc21. The van der Waals surface area contributed by atoms with Crippen LogP contribution in [-0.2, 0) is 21.4 Å². The third kappa shape index (κ3) is 4.42. The zero-order valence-corrected chi connectivity index (χ0v) is 20.6. The molecule has 0 aliphatic carbocycles. The molecular weight excluding hydrogens is 490 g/mol. The Kier molecular flexibility index (Phi) is 6.87. The van der Waals surface area contributed by atoms with Crippen LogP contribution in [-0.4, -0.2) is 42.4 Å². The normalized spacial score (nSPS) is 17.8. The molecule has 0 N–H and O–H groups in total. The zero-order chi connectivity index (χ0) is 22.9. The first-order chi connectivity index (χ1) is 15.3. The summed E-state index contributed by atoms with van der Waals surface area (Å²) in [6.07, 6.45) is 2.77. The highest BCUT2D eigenvalue weighted by molar-refractivity contribution is 7.91. The molecule has 1 aliphatic heterocycles. The number of sulfonamides is 1. The van der Waals surface area contributed by atoms with Gasteiger partial charge in [0.1, 0.15) is 16.0 Å². The molecule has 0 saturated carbocycles. The maximum atomic E-state index is 13.2. The Morgan fingerprint density at radius 3 is 2.84 bits per heavy atom. The number of nitrogens with zero attached hydrogens (tertiary/aromatic N) is 3. The fourth-order valence-corrected chi connectivity index (χ4v) is 8.03. The number of ether oxygens (including phenoxy) is 1. The number of carbonyl (C=O) groups excluding carboxylic acids is 1. The molecule has 1 aromatic carbocycles. The number of fused-ring (bicyclic) bond motifs is 1. The van der Waals surface area contributed by atoms with Gasteiger partial charge in [0.15, 0.2) is 4.80 Å². The lowest BCUT2D eigenvalue weighted by Crippen LogP contribution is -2.40.